The van der Waals surface area contributed by atoms with Gasteiger partial charge in [0.05, 0.1) is 4.90 Å². The van der Waals surface area contributed by atoms with Crippen molar-refractivity contribution in [1.82, 2.24) is 0 Å². The van der Waals surface area contributed by atoms with Crippen LogP contribution in [0.4, 0.5) is 0 Å². The summed E-state index contributed by atoms with van der Waals surface area (Å²) >= 11 is 0. The Hall–Kier alpha value is -0.273. The molecule has 0 radical (unpaired) electrons. The van der Waals surface area contributed by atoms with Crippen LogP contribution in [0.3, 0.4) is 0 Å². The molecule has 12 heavy (non-hydrogen) atoms. The van der Waals surface area contributed by atoms with E-state index < -0.39 is 10.1 Å². The van der Waals surface area contributed by atoms with Gasteiger partial charge < -0.3 is 4.55 Å². The fraction of sp³-hybridized carbons (Fsp3) is 0.143. The third-order valence-corrected chi connectivity index (χ3v) is 2.36. The van der Waals surface area contributed by atoms with E-state index in [1.165, 1.54) is 12.1 Å². The molecule has 0 bridgehead atoms. The molecule has 5 heteroatoms. The van der Waals surface area contributed by atoms with E-state index >= 15 is 0 Å². The van der Waals surface area contributed by atoms with Crippen LogP contribution in [0.15, 0.2) is 29.2 Å². The molecule has 0 N–H and O–H groups in total. The summed E-state index contributed by atoms with van der Waals surface area (Å²) in [5.74, 6) is 0. The van der Waals surface area contributed by atoms with Gasteiger partial charge in [0.2, 0.25) is 0 Å². The third kappa shape index (κ3) is 2.65. The predicted molar refractivity (Wildman–Crippen MR) is 39.1 cm³/mol. The van der Waals surface area contributed by atoms with Gasteiger partial charge in [0, 0.05) is 0 Å². The molecule has 0 spiro atoms. The average Bonchev–Trinajstić information content (AvgIpc) is 1.86. The molecule has 1 aromatic rings. The Bertz CT molecular complexity index is 359. The zero-order valence-electron chi connectivity index (χ0n) is 6.94. The quantitative estimate of drug-likeness (QED) is 0.366. The van der Waals surface area contributed by atoms with Gasteiger partial charge in [-0.15, -0.1) is 0 Å². The molecule has 60 valence electrons. The van der Waals surface area contributed by atoms with Gasteiger partial charge in [0.25, 0.3) is 0 Å². The van der Waals surface area contributed by atoms with Crippen molar-refractivity contribution in [1.29, 1.82) is 0 Å². The number of aryl methyl sites for hydroxylation is 1. The minimum absolute atomic E-state index is 0. The second kappa shape index (κ2) is 4.10. The summed E-state index contributed by atoms with van der Waals surface area (Å²) in [6, 6.07) is 6.10. The van der Waals surface area contributed by atoms with Gasteiger partial charge in [-0.05, 0) is 18.6 Å². The van der Waals surface area contributed by atoms with Crippen LogP contribution in [-0.4, -0.2) is 13.0 Å². The van der Waals surface area contributed by atoms with Gasteiger partial charge in [-0.1, -0.05) is 18.2 Å². The van der Waals surface area contributed by atoms with E-state index in [0.29, 0.717) is 5.56 Å². The number of benzene rings is 1. The van der Waals surface area contributed by atoms with E-state index in [1.807, 2.05) is 0 Å². The van der Waals surface area contributed by atoms with Crippen molar-refractivity contribution in [3.8, 4) is 0 Å². The Labute approximate surface area is 83.7 Å². The molecule has 0 aromatic heterocycles. The molecule has 0 aliphatic heterocycles. The molecule has 0 saturated heterocycles. The second-order valence-corrected chi connectivity index (χ2v) is 3.57. The first-order valence-corrected chi connectivity index (χ1v) is 4.44. The summed E-state index contributed by atoms with van der Waals surface area (Å²) in [5, 5.41) is 0. The zero-order valence-corrected chi connectivity index (χ0v) is 7.76. The fourth-order valence-corrected chi connectivity index (χ4v) is 1.54. The first-order chi connectivity index (χ1) is 5.02. The maximum Gasteiger partial charge on any atom is 1.00 e. The Morgan fingerprint density at radius 3 is 2.08 bits per heavy atom. The molecule has 0 fully saturated rings. The number of hydrogen-bond acceptors (Lipinski definition) is 3. The standard InChI is InChI=1S/C7H8O3S.Li/c1-6-4-2-3-5-7(6)11(8,9)10;/h2-5H,1H3,(H,8,9,10);/q;+1/p-1. The summed E-state index contributed by atoms with van der Waals surface area (Å²) in [7, 11) is -4.28. The Balaban J connectivity index is 0.00000121. The second-order valence-electron chi connectivity index (χ2n) is 2.22. The van der Waals surface area contributed by atoms with Crippen molar-refractivity contribution >= 4 is 10.1 Å². The molecule has 0 saturated carbocycles. The number of rotatable bonds is 1. The van der Waals surface area contributed by atoms with Crippen molar-refractivity contribution in [3.63, 3.8) is 0 Å². The van der Waals surface area contributed by atoms with Crippen LogP contribution in [0.1, 0.15) is 5.56 Å². The minimum Gasteiger partial charge on any atom is -0.744 e. The zero-order chi connectivity index (χ0) is 8.48. The Kier molecular flexibility index (Phi) is 4.01. The molecule has 0 atom stereocenters. The molecule has 3 nitrogen and oxygen atoms in total. The summed E-state index contributed by atoms with van der Waals surface area (Å²) in [4.78, 5) is -0.139. The van der Waals surface area contributed by atoms with Crippen LogP contribution < -0.4 is 18.9 Å². The summed E-state index contributed by atoms with van der Waals surface area (Å²) in [5.41, 5.74) is 0.488. The molecule has 0 unspecified atom stereocenters. The molecular weight excluding hydrogens is 171 g/mol. The summed E-state index contributed by atoms with van der Waals surface area (Å²) in [6.45, 7) is 1.59. The maximum atomic E-state index is 10.5. The van der Waals surface area contributed by atoms with Gasteiger partial charge in [0.15, 0.2) is 0 Å². The van der Waals surface area contributed by atoms with E-state index in [4.69, 9.17) is 0 Å². The molecular formula is C7H7LiO3S. The topological polar surface area (TPSA) is 57.2 Å². The van der Waals surface area contributed by atoms with Crippen LogP contribution in [0, 0.1) is 6.92 Å². The van der Waals surface area contributed by atoms with Gasteiger partial charge >= 0.3 is 18.9 Å². The van der Waals surface area contributed by atoms with Gasteiger partial charge in [-0.3, -0.25) is 0 Å². The van der Waals surface area contributed by atoms with Crippen molar-refractivity contribution < 1.29 is 31.8 Å². The van der Waals surface area contributed by atoms with E-state index in [2.05, 4.69) is 0 Å². The molecule has 1 aromatic carbocycles. The van der Waals surface area contributed by atoms with E-state index in [-0.39, 0.29) is 23.8 Å². The number of hydrogen-bond donors (Lipinski definition) is 0. The van der Waals surface area contributed by atoms with Gasteiger partial charge in [-0.25, -0.2) is 8.42 Å². The van der Waals surface area contributed by atoms with Crippen LogP contribution in [0.2, 0.25) is 0 Å². The average molecular weight is 178 g/mol. The first kappa shape index (κ1) is 11.7. The monoisotopic (exact) mass is 178 g/mol. The Morgan fingerprint density at radius 2 is 1.75 bits per heavy atom. The molecule has 0 aliphatic rings. The molecule has 0 amide bonds. The maximum absolute atomic E-state index is 10.5. The van der Waals surface area contributed by atoms with Crippen molar-refractivity contribution in [2.75, 3.05) is 0 Å². The van der Waals surface area contributed by atoms with Crippen LogP contribution >= 0.6 is 0 Å². The van der Waals surface area contributed by atoms with E-state index in [1.54, 1.807) is 19.1 Å². The normalized spacial score (nSPS) is 10.5. The van der Waals surface area contributed by atoms with Crippen molar-refractivity contribution in [2.24, 2.45) is 0 Å². The third-order valence-electron chi connectivity index (χ3n) is 1.36. The molecule has 1 rings (SSSR count). The predicted octanol–water partition coefficient (Wildman–Crippen LogP) is -2.10. The van der Waals surface area contributed by atoms with Crippen molar-refractivity contribution in [2.45, 2.75) is 11.8 Å². The molecule has 0 heterocycles. The van der Waals surface area contributed by atoms with E-state index in [0.717, 1.165) is 0 Å². The fourth-order valence-electron chi connectivity index (χ4n) is 0.837. The van der Waals surface area contributed by atoms with Crippen molar-refractivity contribution in [3.05, 3.63) is 29.8 Å². The van der Waals surface area contributed by atoms with Crippen LogP contribution in [0.5, 0.6) is 0 Å². The van der Waals surface area contributed by atoms with Gasteiger partial charge in [-0.2, -0.15) is 0 Å². The largest absolute Gasteiger partial charge is 1.00 e. The molecule has 0 aliphatic carbocycles. The smallest absolute Gasteiger partial charge is 0.744 e. The van der Waals surface area contributed by atoms with Crippen LogP contribution in [-0.2, 0) is 10.1 Å². The van der Waals surface area contributed by atoms with Gasteiger partial charge in [0.1, 0.15) is 10.1 Å². The SMILES string of the molecule is Cc1ccccc1S(=O)(=O)[O-].[Li+]. The first-order valence-electron chi connectivity index (χ1n) is 3.03. The Morgan fingerprint density at radius 1 is 1.25 bits per heavy atom. The van der Waals surface area contributed by atoms with E-state index in [9.17, 15) is 13.0 Å². The summed E-state index contributed by atoms with van der Waals surface area (Å²) < 4.78 is 31.5. The summed E-state index contributed by atoms with van der Waals surface area (Å²) in [6.07, 6.45) is 0. The van der Waals surface area contributed by atoms with Crippen LogP contribution in [0.25, 0.3) is 0 Å². The minimum atomic E-state index is -4.28.